The molecule has 4 rings (SSSR count). The molecule has 0 N–H and O–H groups in total. The number of hydrogen-bond donors (Lipinski definition) is 0. The Balaban J connectivity index is 1.99. The van der Waals surface area contributed by atoms with Crippen molar-refractivity contribution in [3.63, 3.8) is 0 Å². The fraction of sp³-hybridized carbons (Fsp3) is 0.167. The molecule has 0 aliphatic heterocycles. The molecule has 25 heavy (non-hydrogen) atoms. The molecule has 7 nitrogen and oxygen atoms in total. The first-order chi connectivity index (χ1) is 12.3. The van der Waals surface area contributed by atoms with Gasteiger partial charge in [0, 0.05) is 7.11 Å². The first kappa shape index (κ1) is 15.3. The van der Waals surface area contributed by atoms with E-state index in [0.29, 0.717) is 35.8 Å². The molecule has 0 aliphatic carbocycles. The molecule has 0 atom stereocenters. The maximum absolute atomic E-state index is 13.0. The summed E-state index contributed by atoms with van der Waals surface area (Å²) in [4.78, 5) is 17.6. The van der Waals surface area contributed by atoms with E-state index in [-0.39, 0.29) is 5.56 Å². The predicted octanol–water partition coefficient (Wildman–Crippen LogP) is 2.49. The van der Waals surface area contributed by atoms with Crippen molar-refractivity contribution in [1.82, 2.24) is 19.3 Å². The summed E-state index contributed by atoms with van der Waals surface area (Å²) in [5.41, 5.74) is 1.16. The van der Waals surface area contributed by atoms with Gasteiger partial charge in [0.25, 0.3) is 5.56 Å². The second-order valence-electron chi connectivity index (χ2n) is 5.49. The largest absolute Gasteiger partial charge is 0.461 e. The number of aromatic nitrogens is 4. The molecule has 0 fully saturated rings. The van der Waals surface area contributed by atoms with Crippen molar-refractivity contribution in [1.29, 1.82) is 0 Å². The van der Waals surface area contributed by atoms with E-state index in [1.807, 2.05) is 30.3 Å². The maximum Gasteiger partial charge on any atom is 0.265 e. The molecule has 0 saturated carbocycles. The molecule has 1 aromatic carbocycles. The molecule has 0 aliphatic rings. The van der Waals surface area contributed by atoms with Gasteiger partial charge >= 0.3 is 0 Å². The highest BCUT2D eigenvalue weighted by Gasteiger charge is 2.18. The highest BCUT2D eigenvalue weighted by atomic mass is 16.5. The molecular formula is C18H16N4O3. The Kier molecular flexibility index (Phi) is 3.91. The predicted molar refractivity (Wildman–Crippen MR) is 92.7 cm³/mol. The summed E-state index contributed by atoms with van der Waals surface area (Å²) >= 11 is 0. The third-order valence-electron chi connectivity index (χ3n) is 3.95. The van der Waals surface area contributed by atoms with Crippen LogP contribution in [0, 0.1) is 0 Å². The van der Waals surface area contributed by atoms with Gasteiger partial charge in [-0.1, -0.05) is 18.2 Å². The lowest BCUT2D eigenvalue weighted by Gasteiger charge is -2.11. The lowest BCUT2D eigenvalue weighted by molar-refractivity contribution is 0.186. The van der Waals surface area contributed by atoms with E-state index in [0.717, 1.165) is 5.69 Å². The lowest BCUT2D eigenvalue weighted by atomic mass is 10.3. The van der Waals surface area contributed by atoms with Crippen LogP contribution < -0.4 is 5.56 Å². The first-order valence-electron chi connectivity index (χ1n) is 7.86. The van der Waals surface area contributed by atoms with Crippen LogP contribution in [-0.2, 0) is 11.3 Å². The number of ether oxygens (including phenoxy) is 1. The van der Waals surface area contributed by atoms with Gasteiger partial charge in [0.2, 0.25) is 0 Å². The van der Waals surface area contributed by atoms with Gasteiger partial charge in [-0.25, -0.2) is 9.67 Å². The van der Waals surface area contributed by atoms with E-state index in [4.69, 9.17) is 9.15 Å². The number of nitrogens with zero attached hydrogens (tertiary/aromatic N) is 4. The van der Waals surface area contributed by atoms with Crippen LogP contribution in [0.5, 0.6) is 0 Å². The Morgan fingerprint density at radius 3 is 2.72 bits per heavy atom. The molecule has 0 unspecified atom stereocenters. The molecule has 0 saturated heterocycles. The van der Waals surface area contributed by atoms with Gasteiger partial charge in [-0.2, -0.15) is 5.10 Å². The van der Waals surface area contributed by atoms with E-state index in [1.54, 1.807) is 41.0 Å². The normalized spacial score (nSPS) is 11.2. The van der Waals surface area contributed by atoms with Crippen LogP contribution in [0.4, 0.5) is 0 Å². The van der Waals surface area contributed by atoms with Crippen LogP contribution in [0.3, 0.4) is 0 Å². The zero-order valence-electron chi connectivity index (χ0n) is 13.6. The van der Waals surface area contributed by atoms with E-state index in [2.05, 4.69) is 10.1 Å². The van der Waals surface area contributed by atoms with Gasteiger partial charge in [0.05, 0.1) is 31.3 Å². The van der Waals surface area contributed by atoms with E-state index >= 15 is 0 Å². The molecule has 126 valence electrons. The third-order valence-corrected chi connectivity index (χ3v) is 3.95. The third kappa shape index (κ3) is 2.64. The number of benzene rings is 1. The zero-order valence-corrected chi connectivity index (χ0v) is 13.6. The van der Waals surface area contributed by atoms with Crippen LogP contribution in [0.2, 0.25) is 0 Å². The van der Waals surface area contributed by atoms with Crippen LogP contribution >= 0.6 is 0 Å². The highest BCUT2D eigenvalue weighted by molar-refractivity contribution is 5.77. The summed E-state index contributed by atoms with van der Waals surface area (Å²) in [6, 6.07) is 13.1. The number of hydrogen-bond acceptors (Lipinski definition) is 5. The maximum atomic E-state index is 13.0. The monoisotopic (exact) mass is 336 g/mol. The second-order valence-corrected chi connectivity index (χ2v) is 5.49. The Labute approximate surface area is 143 Å². The number of fused-ring (bicyclic) bond motifs is 1. The van der Waals surface area contributed by atoms with E-state index in [9.17, 15) is 4.79 Å². The van der Waals surface area contributed by atoms with Gasteiger partial charge in [-0.15, -0.1) is 0 Å². The van der Waals surface area contributed by atoms with Crippen LogP contribution in [0.25, 0.3) is 28.3 Å². The Hall–Kier alpha value is -3.19. The Morgan fingerprint density at radius 1 is 1.16 bits per heavy atom. The van der Waals surface area contributed by atoms with Gasteiger partial charge in [-0.05, 0) is 24.3 Å². The molecule has 0 radical (unpaired) electrons. The number of rotatable bonds is 5. The van der Waals surface area contributed by atoms with Crippen LogP contribution in [-0.4, -0.2) is 33.0 Å². The SMILES string of the molecule is COCCn1c(-c2ccco2)nc2c(cnn2-c2ccccc2)c1=O. The van der Waals surface area contributed by atoms with Crippen molar-refractivity contribution < 1.29 is 9.15 Å². The van der Waals surface area contributed by atoms with Crippen molar-refractivity contribution in [2.24, 2.45) is 0 Å². The molecular weight excluding hydrogens is 320 g/mol. The van der Waals surface area contributed by atoms with Crippen molar-refractivity contribution in [2.45, 2.75) is 6.54 Å². The van der Waals surface area contributed by atoms with Gasteiger partial charge in [-0.3, -0.25) is 9.36 Å². The minimum atomic E-state index is -0.171. The molecule has 0 bridgehead atoms. The molecule has 7 heteroatoms. The quantitative estimate of drug-likeness (QED) is 0.560. The lowest BCUT2D eigenvalue weighted by Crippen LogP contribution is -2.25. The second kappa shape index (κ2) is 6.37. The average molecular weight is 336 g/mol. The van der Waals surface area contributed by atoms with Gasteiger partial charge < -0.3 is 9.15 Å². The fourth-order valence-electron chi connectivity index (χ4n) is 2.74. The molecule has 3 heterocycles. The average Bonchev–Trinajstić information content (AvgIpc) is 3.31. The summed E-state index contributed by atoms with van der Waals surface area (Å²) < 4.78 is 13.8. The first-order valence-corrected chi connectivity index (χ1v) is 7.86. The Morgan fingerprint density at radius 2 is 2.00 bits per heavy atom. The topological polar surface area (TPSA) is 75.1 Å². The minimum Gasteiger partial charge on any atom is -0.461 e. The van der Waals surface area contributed by atoms with Gasteiger partial charge in [0.15, 0.2) is 17.2 Å². The molecule has 4 aromatic rings. The number of methoxy groups -OCH3 is 1. The Bertz CT molecular complexity index is 1050. The van der Waals surface area contributed by atoms with Crippen molar-refractivity contribution >= 4 is 11.0 Å². The van der Waals surface area contributed by atoms with Crippen LogP contribution in [0.1, 0.15) is 0 Å². The fourth-order valence-corrected chi connectivity index (χ4v) is 2.74. The minimum absolute atomic E-state index is 0.171. The summed E-state index contributed by atoms with van der Waals surface area (Å²) in [6.45, 7) is 0.776. The number of para-hydroxylation sites is 1. The van der Waals surface area contributed by atoms with Crippen molar-refractivity contribution in [2.75, 3.05) is 13.7 Å². The summed E-state index contributed by atoms with van der Waals surface area (Å²) in [5.74, 6) is 0.980. The molecule has 3 aromatic heterocycles. The van der Waals surface area contributed by atoms with Gasteiger partial charge in [0.1, 0.15) is 5.39 Å². The van der Waals surface area contributed by atoms with Crippen LogP contribution in [0.15, 0.2) is 64.1 Å². The standard InChI is InChI=1S/C18H16N4O3/c1-24-11-9-21-17(15-8-5-10-25-15)20-16-14(18(21)23)12-19-22(16)13-6-3-2-4-7-13/h2-8,10,12H,9,11H2,1H3. The summed E-state index contributed by atoms with van der Waals surface area (Å²) in [5, 5.41) is 4.80. The summed E-state index contributed by atoms with van der Waals surface area (Å²) in [6.07, 6.45) is 3.10. The highest BCUT2D eigenvalue weighted by Crippen LogP contribution is 2.21. The van der Waals surface area contributed by atoms with Crippen molar-refractivity contribution in [3.8, 4) is 17.3 Å². The number of furan rings is 1. The zero-order chi connectivity index (χ0) is 17.2. The van der Waals surface area contributed by atoms with Crippen molar-refractivity contribution in [3.05, 3.63) is 65.3 Å². The molecule has 0 amide bonds. The van der Waals surface area contributed by atoms with E-state index in [1.165, 1.54) is 0 Å². The summed E-state index contributed by atoms with van der Waals surface area (Å²) in [7, 11) is 1.59. The molecule has 0 spiro atoms. The van der Waals surface area contributed by atoms with E-state index < -0.39 is 0 Å². The smallest absolute Gasteiger partial charge is 0.265 e.